The highest BCUT2D eigenvalue weighted by Gasteiger charge is 2.41. The molecule has 4 aliphatic rings. The predicted molar refractivity (Wildman–Crippen MR) is 127 cm³/mol. The Morgan fingerprint density at radius 3 is 2.50 bits per heavy atom. The predicted octanol–water partition coefficient (Wildman–Crippen LogP) is 1.40. The van der Waals surface area contributed by atoms with Crippen molar-refractivity contribution < 1.29 is 28.4 Å². The standard InChI is InChI=1S/C24H36F2N6O4/c25-18-13-19(26)22(28-21(18)27)29-8-10-30(11-9-29)24(35)20-6-3-7-32(20)23(34)17(14-31(36)15-33)12-16-4-1-2-5-16/h15-18,20,36H,1-14H2,(H2,27,28)/t17-,18?,20+/m1/s1. The summed E-state index contributed by atoms with van der Waals surface area (Å²) in [6, 6.07) is -0.593. The molecule has 0 aromatic heterocycles. The average Bonchev–Trinajstić information content (AvgIpc) is 3.57. The van der Waals surface area contributed by atoms with E-state index in [9.17, 15) is 28.4 Å². The van der Waals surface area contributed by atoms with Crippen LogP contribution in [0, 0.1) is 11.8 Å². The van der Waals surface area contributed by atoms with Crippen molar-refractivity contribution >= 4 is 24.1 Å². The van der Waals surface area contributed by atoms with Gasteiger partial charge in [-0.3, -0.25) is 19.6 Å². The highest BCUT2D eigenvalue weighted by molar-refractivity contribution is 5.89. The number of alkyl halides is 1. The smallest absolute Gasteiger partial charge is 0.245 e. The molecule has 200 valence electrons. The molecule has 3 fully saturated rings. The molecular weight excluding hydrogens is 474 g/mol. The lowest BCUT2D eigenvalue weighted by Crippen LogP contribution is -2.55. The minimum atomic E-state index is -1.62. The summed E-state index contributed by atoms with van der Waals surface area (Å²) >= 11 is 0. The number of nitrogens with zero attached hydrogens (tertiary/aromatic N) is 5. The summed E-state index contributed by atoms with van der Waals surface area (Å²) in [6.45, 7) is 1.67. The fraction of sp³-hybridized carbons (Fsp3) is 0.750. The number of halogens is 2. The van der Waals surface area contributed by atoms with Gasteiger partial charge in [0.1, 0.15) is 17.7 Å². The van der Waals surface area contributed by atoms with Crippen molar-refractivity contribution in [3.05, 3.63) is 11.6 Å². The van der Waals surface area contributed by atoms with E-state index in [1.165, 1.54) is 0 Å². The number of piperazine rings is 1. The molecule has 36 heavy (non-hydrogen) atoms. The number of hydrogen-bond acceptors (Lipinski definition) is 7. The Kier molecular flexibility index (Phi) is 8.43. The van der Waals surface area contributed by atoms with Crippen LogP contribution in [-0.2, 0) is 14.4 Å². The maximum Gasteiger partial charge on any atom is 0.245 e. The molecule has 0 aromatic carbocycles. The summed E-state index contributed by atoms with van der Waals surface area (Å²) in [5.74, 6) is -1.39. The largest absolute Gasteiger partial charge is 0.385 e. The maximum atomic E-state index is 14.3. The van der Waals surface area contributed by atoms with Gasteiger partial charge in [-0.25, -0.2) is 18.8 Å². The molecule has 0 radical (unpaired) electrons. The van der Waals surface area contributed by atoms with E-state index >= 15 is 0 Å². The normalized spacial score (nSPS) is 26.3. The van der Waals surface area contributed by atoms with E-state index in [-0.39, 0.29) is 30.0 Å². The van der Waals surface area contributed by atoms with Gasteiger partial charge in [0.15, 0.2) is 12.0 Å². The highest BCUT2D eigenvalue weighted by atomic mass is 19.1. The lowest BCUT2D eigenvalue weighted by molar-refractivity contribution is -0.159. The molecule has 10 nitrogen and oxygen atoms in total. The molecule has 1 saturated carbocycles. The maximum absolute atomic E-state index is 14.3. The monoisotopic (exact) mass is 510 g/mol. The van der Waals surface area contributed by atoms with Crippen LogP contribution in [-0.4, -0.2) is 101 Å². The van der Waals surface area contributed by atoms with Crippen LogP contribution in [0.2, 0.25) is 0 Å². The van der Waals surface area contributed by atoms with E-state index in [4.69, 9.17) is 5.73 Å². The molecule has 0 spiro atoms. The molecule has 0 bridgehead atoms. The molecule has 2 saturated heterocycles. The Hall–Kier alpha value is -2.76. The van der Waals surface area contributed by atoms with Gasteiger partial charge < -0.3 is 20.4 Å². The van der Waals surface area contributed by atoms with E-state index in [0.717, 1.165) is 25.7 Å². The molecule has 3 N–H and O–H groups in total. The summed E-state index contributed by atoms with van der Waals surface area (Å²) in [4.78, 5) is 46.8. The SMILES string of the molecule is NC1=NC(N2CCN(C(=O)[C@@H]3CCCN3C(=O)[C@H](CC3CCCC3)CN(O)C=O)CC2)=C(F)CC1F. The first kappa shape index (κ1) is 26.3. The van der Waals surface area contributed by atoms with Gasteiger partial charge in [-0.15, -0.1) is 0 Å². The van der Waals surface area contributed by atoms with E-state index < -0.39 is 30.4 Å². The van der Waals surface area contributed by atoms with Crippen LogP contribution in [0.5, 0.6) is 0 Å². The van der Waals surface area contributed by atoms with Crippen LogP contribution >= 0.6 is 0 Å². The highest BCUT2D eigenvalue weighted by Crippen LogP contribution is 2.33. The second-order valence-corrected chi connectivity index (χ2v) is 10.2. The molecule has 1 aliphatic carbocycles. The van der Waals surface area contributed by atoms with Crippen LogP contribution in [0.1, 0.15) is 51.4 Å². The minimum Gasteiger partial charge on any atom is -0.385 e. The molecule has 0 aromatic rings. The lowest BCUT2D eigenvalue weighted by atomic mass is 9.91. The molecule has 3 amide bonds. The second-order valence-electron chi connectivity index (χ2n) is 10.2. The van der Waals surface area contributed by atoms with Gasteiger partial charge >= 0.3 is 0 Å². The van der Waals surface area contributed by atoms with Crippen molar-refractivity contribution in [3.8, 4) is 0 Å². The summed E-state index contributed by atoms with van der Waals surface area (Å²) in [5.41, 5.74) is 5.56. The Labute approximate surface area is 209 Å². The summed E-state index contributed by atoms with van der Waals surface area (Å²) < 4.78 is 27.9. The molecular formula is C24H36F2N6O4. The zero-order chi connectivity index (χ0) is 25.8. The number of likely N-dealkylation sites (tertiary alicyclic amines) is 1. The van der Waals surface area contributed by atoms with Crippen molar-refractivity contribution in [2.75, 3.05) is 39.3 Å². The number of hydrogen-bond donors (Lipinski definition) is 2. The Morgan fingerprint density at radius 1 is 1.14 bits per heavy atom. The van der Waals surface area contributed by atoms with Crippen LogP contribution in [0.3, 0.4) is 0 Å². The number of amides is 3. The van der Waals surface area contributed by atoms with Crippen molar-refractivity contribution in [2.45, 2.75) is 63.6 Å². The lowest BCUT2D eigenvalue weighted by Gasteiger charge is -2.39. The third kappa shape index (κ3) is 5.79. The molecule has 4 rings (SSSR count). The van der Waals surface area contributed by atoms with Crippen molar-refractivity contribution in [1.29, 1.82) is 0 Å². The summed E-state index contributed by atoms with van der Waals surface area (Å²) in [5, 5.41) is 10.3. The Balaban J connectivity index is 1.38. The number of rotatable bonds is 8. The van der Waals surface area contributed by atoms with Crippen molar-refractivity contribution in [2.24, 2.45) is 22.6 Å². The average molecular weight is 511 g/mol. The zero-order valence-electron chi connectivity index (χ0n) is 20.5. The zero-order valence-corrected chi connectivity index (χ0v) is 20.5. The number of aliphatic imine (C=N–C) groups is 1. The molecule has 3 aliphatic heterocycles. The summed E-state index contributed by atoms with van der Waals surface area (Å²) in [6.07, 6.45) is 4.38. The van der Waals surface area contributed by atoms with Gasteiger partial charge in [0, 0.05) is 39.1 Å². The third-order valence-corrected chi connectivity index (χ3v) is 7.84. The molecule has 1 unspecified atom stereocenters. The van der Waals surface area contributed by atoms with Gasteiger partial charge in [-0.05, 0) is 25.2 Å². The van der Waals surface area contributed by atoms with E-state index in [1.54, 1.807) is 14.7 Å². The van der Waals surface area contributed by atoms with Gasteiger partial charge in [0.2, 0.25) is 18.2 Å². The number of amidine groups is 1. The fourth-order valence-corrected chi connectivity index (χ4v) is 5.89. The fourth-order valence-electron chi connectivity index (χ4n) is 5.89. The van der Waals surface area contributed by atoms with Crippen LogP contribution in [0.25, 0.3) is 0 Å². The quantitative estimate of drug-likeness (QED) is 0.289. The minimum absolute atomic E-state index is 0.0321. The number of allylic oxidation sites excluding steroid dienone is 1. The van der Waals surface area contributed by atoms with E-state index in [1.807, 2.05) is 0 Å². The number of carbonyl (C=O) groups excluding carboxylic acids is 3. The number of carbonyl (C=O) groups is 3. The van der Waals surface area contributed by atoms with Crippen molar-refractivity contribution in [1.82, 2.24) is 19.8 Å². The van der Waals surface area contributed by atoms with Crippen molar-refractivity contribution in [3.63, 3.8) is 0 Å². The van der Waals surface area contributed by atoms with Crippen LogP contribution < -0.4 is 5.73 Å². The van der Waals surface area contributed by atoms with E-state index in [2.05, 4.69) is 4.99 Å². The van der Waals surface area contributed by atoms with Gasteiger partial charge in [-0.1, -0.05) is 25.7 Å². The number of hydroxylamine groups is 2. The number of nitrogens with two attached hydrogens (primary N) is 1. The molecule has 12 heteroatoms. The van der Waals surface area contributed by atoms with Gasteiger partial charge in [-0.2, -0.15) is 0 Å². The first-order chi connectivity index (χ1) is 17.3. The van der Waals surface area contributed by atoms with Crippen LogP contribution in [0.4, 0.5) is 8.78 Å². The van der Waals surface area contributed by atoms with Gasteiger partial charge in [0.05, 0.1) is 12.5 Å². The first-order valence-electron chi connectivity index (χ1n) is 12.9. The Bertz CT molecular complexity index is 901. The van der Waals surface area contributed by atoms with Gasteiger partial charge in [0.25, 0.3) is 0 Å². The Morgan fingerprint density at radius 2 is 1.83 bits per heavy atom. The second kappa shape index (κ2) is 11.5. The van der Waals surface area contributed by atoms with Crippen LogP contribution in [0.15, 0.2) is 16.6 Å². The molecule has 3 heterocycles. The topological polar surface area (TPSA) is 123 Å². The molecule has 3 atom stereocenters. The third-order valence-electron chi connectivity index (χ3n) is 7.84. The van der Waals surface area contributed by atoms with E-state index in [0.29, 0.717) is 69.4 Å². The summed E-state index contributed by atoms with van der Waals surface area (Å²) in [7, 11) is 0. The first-order valence-corrected chi connectivity index (χ1v) is 12.9.